The predicted molar refractivity (Wildman–Crippen MR) is 110 cm³/mol. The summed E-state index contributed by atoms with van der Waals surface area (Å²) < 4.78 is 19.0. The second-order valence-corrected chi connectivity index (χ2v) is 7.68. The van der Waals surface area contributed by atoms with Gasteiger partial charge in [-0.15, -0.1) is 0 Å². The Kier molecular flexibility index (Phi) is 6.86. The fourth-order valence-corrected chi connectivity index (χ4v) is 3.41. The van der Waals surface area contributed by atoms with Crippen LogP contribution in [0.5, 0.6) is 5.75 Å². The van der Waals surface area contributed by atoms with Crippen molar-refractivity contribution in [1.82, 2.24) is 10.2 Å². The first kappa shape index (κ1) is 20.8. The van der Waals surface area contributed by atoms with Gasteiger partial charge in [0, 0.05) is 24.7 Å². The molecule has 1 saturated heterocycles. The fourth-order valence-electron chi connectivity index (χ4n) is 3.41. The number of piperidine rings is 1. The van der Waals surface area contributed by atoms with Crippen LogP contribution in [-0.4, -0.2) is 42.5 Å². The van der Waals surface area contributed by atoms with Crippen LogP contribution < -0.4 is 10.1 Å². The van der Waals surface area contributed by atoms with Gasteiger partial charge >= 0.3 is 0 Å². The van der Waals surface area contributed by atoms with Gasteiger partial charge < -0.3 is 15.0 Å². The van der Waals surface area contributed by atoms with Gasteiger partial charge in [0.15, 0.2) is 0 Å². The summed E-state index contributed by atoms with van der Waals surface area (Å²) in [5.41, 5.74) is 1.04. The van der Waals surface area contributed by atoms with Gasteiger partial charge in [-0.05, 0) is 69.0 Å². The highest BCUT2D eigenvalue weighted by Gasteiger charge is 2.24. The molecule has 29 heavy (non-hydrogen) atoms. The number of benzene rings is 2. The molecule has 1 aliphatic heterocycles. The zero-order valence-electron chi connectivity index (χ0n) is 16.9. The van der Waals surface area contributed by atoms with Crippen LogP contribution in [-0.2, 0) is 0 Å². The van der Waals surface area contributed by atoms with Crippen LogP contribution in [0.4, 0.5) is 4.39 Å². The van der Waals surface area contributed by atoms with Crippen molar-refractivity contribution in [2.45, 2.75) is 32.7 Å². The van der Waals surface area contributed by atoms with Crippen LogP contribution >= 0.6 is 0 Å². The molecular weight excluding hydrogens is 371 g/mol. The predicted octanol–water partition coefficient (Wildman–Crippen LogP) is 3.90. The third-order valence-corrected chi connectivity index (χ3v) is 5.02. The third kappa shape index (κ3) is 5.56. The van der Waals surface area contributed by atoms with Crippen molar-refractivity contribution >= 4 is 11.8 Å². The Morgan fingerprint density at radius 2 is 1.76 bits per heavy atom. The summed E-state index contributed by atoms with van der Waals surface area (Å²) in [5.74, 6) is 0.333. The maximum absolute atomic E-state index is 13.0. The molecule has 1 fully saturated rings. The number of halogens is 1. The quantitative estimate of drug-likeness (QED) is 0.803. The highest BCUT2D eigenvalue weighted by atomic mass is 19.1. The van der Waals surface area contributed by atoms with Gasteiger partial charge in [-0.1, -0.05) is 12.1 Å². The summed E-state index contributed by atoms with van der Waals surface area (Å²) in [5, 5.41) is 2.89. The Morgan fingerprint density at radius 1 is 1.10 bits per heavy atom. The Labute approximate surface area is 170 Å². The van der Waals surface area contributed by atoms with Crippen molar-refractivity contribution < 1.29 is 18.7 Å². The van der Waals surface area contributed by atoms with E-state index in [1.165, 1.54) is 24.3 Å². The molecule has 0 saturated carbocycles. The van der Waals surface area contributed by atoms with Crippen molar-refractivity contribution in [3.63, 3.8) is 0 Å². The van der Waals surface area contributed by atoms with E-state index in [0.717, 1.165) is 12.8 Å². The molecule has 2 aromatic carbocycles. The summed E-state index contributed by atoms with van der Waals surface area (Å²) in [7, 11) is 0. The summed E-state index contributed by atoms with van der Waals surface area (Å²) in [6, 6.07) is 12.9. The van der Waals surface area contributed by atoms with Crippen LogP contribution in [0.2, 0.25) is 0 Å². The van der Waals surface area contributed by atoms with Crippen LogP contribution in [0, 0.1) is 11.7 Å². The number of ether oxygens (including phenoxy) is 1. The van der Waals surface area contributed by atoms with Gasteiger partial charge in [0.2, 0.25) is 0 Å². The molecule has 0 aromatic heterocycles. The highest BCUT2D eigenvalue weighted by molar-refractivity contribution is 5.97. The molecule has 5 nitrogen and oxygen atoms in total. The molecule has 0 bridgehead atoms. The molecular formula is C23H27FN2O3. The molecule has 1 aliphatic rings. The van der Waals surface area contributed by atoms with Crippen molar-refractivity contribution in [3.05, 3.63) is 65.5 Å². The van der Waals surface area contributed by atoms with E-state index >= 15 is 0 Å². The first-order chi connectivity index (χ1) is 13.9. The SMILES string of the molecule is CC(C)NC(=O)c1ccccc1OCC1CCN(C(=O)c2ccc(F)cc2)CC1. The lowest BCUT2D eigenvalue weighted by molar-refractivity contribution is 0.0659. The fraction of sp³-hybridized carbons (Fsp3) is 0.391. The monoisotopic (exact) mass is 398 g/mol. The summed E-state index contributed by atoms with van der Waals surface area (Å²) in [6.45, 7) is 5.62. The summed E-state index contributed by atoms with van der Waals surface area (Å²) in [4.78, 5) is 26.7. The van der Waals surface area contributed by atoms with Gasteiger partial charge in [0.05, 0.1) is 12.2 Å². The minimum absolute atomic E-state index is 0.0542. The van der Waals surface area contributed by atoms with E-state index in [-0.39, 0.29) is 23.7 Å². The van der Waals surface area contributed by atoms with E-state index in [2.05, 4.69) is 5.32 Å². The average Bonchev–Trinajstić information content (AvgIpc) is 2.72. The van der Waals surface area contributed by atoms with Crippen LogP contribution in [0.15, 0.2) is 48.5 Å². The number of likely N-dealkylation sites (tertiary alicyclic amines) is 1. The standard InChI is InChI=1S/C23H27FN2O3/c1-16(2)25-22(27)20-5-3-4-6-21(20)29-15-17-11-13-26(14-12-17)23(28)18-7-9-19(24)10-8-18/h3-10,16-17H,11-15H2,1-2H3,(H,25,27). The maximum Gasteiger partial charge on any atom is 0.255 e. The number of amides is 2. The minimum Gasteiger partial charge on any atom is -0.492 e. The molecule has 2 aromatic rings. The van der Waals surface area contributed by atoms with Gasteiger partial charge in [-0.2, -0.15) is 0 Å². The molecule has 6 heteroatoms. The second-order valence-electron chi connectivity index (χ2n) is 7.68. The Morgan fingerprint density at radius 3 is 2.41 bits per heavy atom. The van der Waals surface area contributed by atoms with Crippen molar-refractivity contribution in [2.24, 2.45) is 5.92 Å². The number of carbonyl (C=O) groups excluding carboxylic acids is 2. The number of nitrogens with zero attached hydrogens (tertiary/aromatic N) is 1. The zero-order chi connectivity index (χ0) is 20.8. The number of hydrogen-bond acceptors (Lipinski definition) is 3. The maximum atomic E-state index is 13.0. The number of para-hydroxylation sites is 1. The number of carbonyl (C=O) groups is 2. The highest BCUT2D eigenvalue weighted by Crippen LogP contribution is 2.23. The lowest BCUT2D eigenvalue weighted by atomic mass is 9.97. The Bertz CT molecular complexity index is 843. The smallest absolute Gasteiger partial charge is 0.255 e. The molecule has 0 aliphatic carbocycles. The van der Waals surface area contributed by atoms with Crippen LogP contribution in [0.1, 0.15) is 47.4 Å². The molecule has 1 heterocycles. The Balaban J connectivity index is 1.52. The van der Waals surface area contributed by atoms with E-state index in [4.69, 9.17) is 4.74 Å². The lowest BCUT2D eigenvalue weighted by Crippen LogP contribution is -2.39. The molecule has 0 radical (unpaired) electrons. The van der Waals surface area contributed by atoms with Gasteiger partial charge in [-0.3, -0.25) is 9.59 Å². The topological polar surface area (TPSA) is 58.6 Å². The van der Waals surface area contributed by atoms with Crippen molar-refractivity contribution in [1.29, 1.82) is 0 Å². The van der Waals surface area contributed by atoms with Crippen LogP contribution in [0.25, 0.3) is 0 Å². The van der Waals surface area contributed by atoms with E-state index < -0.39 is 0 Å². The molecule has 0 atom stereocenters. The van der Waals surface area contributed by atoms with Crippen molar-refractivity contribution in [3.8, 4) is 5.75 Å². The first-order valence-corrected chi connectivity index (χ1v) is 10.0. The normalized spacial score (nSPS) is 14.7. The molecule has 1 N–H and O–H groups in total. The largest absolute Gasteiger partial charge is 0.492 e. The summed E-state index contributed by atoms with van der Waals surface area (Å²) in [6.07, 6.45) is 1.65. The van der Waals surface area contributed by atoms with E-state index in [9.17, 15) is 14.0 Å². The summed E-state index contributed by atoms with van der Waals surface area (Å²) >= 11 is 0. The van der Waals surface area contributed by atoms with Gasteiger partial charge in [-0.25, -0.2) is 4.39 Å². The first-order valence-electron chi connectivity index (χ1n) is 10.0. The van der Waals surface area contributed by atoms with Crippen LogP contribution in [0.3, 0.4) is 0 Å². The van der Waals surface area contributed by atoms with Crippen molar-refractivity contribution in [2.75, 3.05) is 19.7 Å². The average molecular weight is 398 g/mol. The lowest BCUT2D eigenvalue weighted by Gasteiger charge is -2.32. The van der Waals surface area contributed by atoms with E-state index in [0.29, 0.717) is 42.5 Å². The number of rotatable bonds is 6. The number of hydrogen-bond donors (Lipinski definition) is 1. The van der Waals surface area contributed by atoms with E-state index in [1.807, 2.05) is 32.0 Å². The zero-order valence-corrected chi connectivity index (χ0v) is 16.9. The molecule has 0 spiro atoms. The molecule has 3 rings (SSSR count). The van der Waals surface area contributed by atoms with Gasteiger partial charge in [0.25, 0.3) is 11.8 Å². The number of nitrogens with one attached hydrogen (secondary N) is 1. The molecule has 0 unspecified atom stereocenters. The molecule has 2 amide bonds. The third-order valence-electron chi connectivity index (χ3n) is 5.02. The second kappa shape index (κ2) is 9.54. The van der Waals surface area contributed by atoms with Gasteiger partial charge in [0.1, 0.15) is 11.6 Å². The molecule has 154 valence electrons. The van der Waals surface area contributed by atoms with E-state index in [1.54, 1.807) is 11.0 Å². The minimum atomic E-state index is -0.347. The Hall–Kier alpha value is -2.89.